The fourth-order valence-electron chi connectivity index (χ4n) is 1.41. The number of carbonyl (C=O) groups is 1. The van der Waals surface area contributed by atoms with Crippen LogP contribution in [-0.4, -0.2) is 32.6 Å². The van der Waals surface area contributed by atoms with E-state index in [-0.39, 0.29) is 12.4 Å². The van der Waals surface area contributed by atoms with Gasteiger partial charge in [-0.2, -0.15) is 0 Å². The molecule has 0 fully saturated rings. The molecule has 0 saturated carbocycles. The van der Waals surface area contributed by atoms with Crippen molar-refractivity contribution in [1.82, 2.24) is 0 Å². The Hall–Kier alpha value is -2.19. The van der Waals surface area contributed by atoms with Crippen molar-refractivity contribution < 1.29 is 23.7 Å². The van der Waals surface area contributed by atoms with Gasteiger partial charge in [-0.15, -0.1) is 6.42 Å². The third-order valence-electron chi connectivity index (χ3n) is 2.41. The van der Waals surface area contributed by atoms with Gasteiger partial charge in [0.05, 0.1) is 7.11 Å². The summed E-state index contributed by atoms with van der Waals surface area (Å²) in [4.78, 5) is 11.6. The number of rotatable bonds is 6. The van der Waals surface area contributed by atoms with Crippen molar-refractivity contribution in [3.63, 3.8) is 0 Å². The number of carbonyl (C=O) groups excluding carboxylic acids is 1. The van der Waals surface area contributed by atoms with E-state index in [1.165, 1.54) is 14.2 Å². The molecule has 0 spiro atoms. The fraction of sp³-hybridized carbons (Fsp3) is 0.400. The summed E-state index contributed by atoms with van der Waals surface area (Å²) < 4.78 is 20.5. The molecule has 1 aromatic carbocycles. The van der Waals surface area contributed by atoms with Crippen LogP contribution in [0.15, 0.2) is 18.2 Å². The molecule has 0 aromatic heterocycles. The second kappa shape index (κ2) is 6.83. The number of ether oxygens (including phenoxy) is 4. The van der Waals surface area contributed by atoms with Gasteiger partial charge in [0.1, 0.15) is 17.1 Å². The van der Waals surface area contributed by atoms with Crippen LogP contribution in [0.25, 0.3) is 0 Å². The average molecular weight is 278 g/mol. The van der Waals surface area contributed by atoms with E-state index < -0.39 is 11.6 Å². The highest BCUT2D eigenvalue weighted by Crippen LogP contribution is 2.28. The molecule has 5 nitrogen and oxygen atoms in total. The molecular weight excluding hydrogens is 260 g/mol. The van der Waals surface area contributed by atoms with Crippen LogP contribution in [0.2, 0.25) is 0 Å². The molecule has 0 saturated heterocycles. The summed E-state index contributed by atoms with van der Waals surface area (Å²) in [6.45, 7) is 3.53. The summed E-state index contributed by atoms with van der Waals surface area (Å²) in [5, 5.41) is 0. The van der Waals surface area contributed by atoms with Crippen molar-refractivity contribution in [3.8, 4) is 23.8 Å². The fourth-order valence-corrected chi connectivity index (χ4v) is 1.41. The van der Waals surface area contributed by atoms with E-state index >= 15 is 0 Å². The van der Waals surface area contributed by atoms with Crippen LogP contribution in [0.4, 0.5) is 0 Å². The van der Waals surface area contributed by atoms with Crippen molar-refractivity contribution in [3.05, 3.63) is 23.8 Å². The third-order valence-corrected chi connectivity index (χ3v) is 2.41. The van der Waals surface area contributed by atoms with Gasteiger partial charge in [-0.25, -0.2) is 4.79 Å². The number of esters is 1. The normalized spacial score (nSPS) is 10.6. The predicted molar refractivity (Wildman–Crippen MR) is 73.8 cm³/mol. The van der Waals surface area contributed by atoms with Crippen LogP contribution in [0, 0.1) is 12.3 Å². The van der Waals surface area contributed by atoms with Gasteiger partial charge >= 0.3 is 5.97 Å². The van der Waals surface area contributed by atoms with Gasteiger partial charge in [-0.05, 0) is 26.0 Å². The summed E-state index contributed by atoms with van der Waals surface area (Å²) >= 11 is 0. The number of benzene rings is 1. The second-order valence-corrected chi connectivity index (χ2v) is 4.46. The quantitative estimate of drug-likeness (QED) is 0.454. The minimum Gasteiger partial charge on any atom is -0.475 e. The van der Waals surface area contributed by atoms with Crippen molar-refractivity contribution in [1.29, 1.82) is 0 Å². The summed E-state index contributed by atoms with van der Waals surface area (Å²) in [6.07, 6.45) is 5.37. The first kappa shape index (κ1) is 15.9. The number of terminal acetylenes is 1. The molecule has 108 valence electrons. The highest BCUT2D eigenvalue weighted by molar-refractivity contribution is 5.92. The van der Waals surface area contributed by atoms with Crippen LogP contribution < -0.4 is 9.47 Å². The van der Waals surface area contributed by atoms with Gasteiger partial charge in [0.15, 0.2) is 12.4 Å². The summed E-state index contributed by atoms with van der Waals surface area (Å²) in [5.41, 5.74) is -0.471. The molecule has 0 radical (unpaired) electrons. The summed E-state index contributed by atoms with van der Waals surface area (Å²) in [5.74, 6) is 2.82. The predicted octanol–water partition coefficient (Wildman–Crippen LogP) is 2.25. The standard InChI is InChI=1S/C15H18O5/c1-6-15(2,3)20-11-7-8-12(14(16)18-5)13(9-11)19-10-17-4/h1,7-9H,10H2,2-5H3. The topological polar surface area (TPSA) is 54.0 Å². The Balaban J connectivity index is 3.07. The molecular formula is C15H18O5. The smallest absolute Gasteiger partial charge is 0.341 e. The van der Waals surface area contributed by atoms with Gasteiger partial charge in [0.2, 0.25) is 0 Å². The van der Waals surface area contributed by atoms with E-state index in [0.717, 1.165) is 0 Å². The molecule has 0 unspecified atom stereocenters. The van der Waals surface area contributed by atoms with Crippen LogP contribution in [-0.2, 0) is 9.47 Å². The van der Waals surface area contributed by atoms with Crippen LogP contribution in [0.5, 0.6) is 11.5 Å². The van der Waals surface area contributed by atoms with E-state index in [4.69, 9.17) is 20.6 Å². The molecule has 0 amide bonds. The molecule has 0 aliphatic carbocycles. The zero-order chi connectivity index (χ0) is 15.2. The van der Waals surface area contributed by atoms with Crippen molar-refractivity contribution >= 4 is 5.97 Å². The highest BCUT2D eigenvalue weighted by Gasteiger charge is 2.19. The first-order valence-electron chi connectivity index (χ1n) is 5.94. The molecule has 1 aromatic rings. The second-order valence-electron chi connectivity index (χ2n) is 4.46. The Kier molecular flexibility index (Phi) is 5.42. The average Bonchev–Trinajstić information content (AvgIpc) is 2.44. The number of hydrogen-bond acceptors (Lipinski definition) is 5. The number of methoxy groups -OCH3 is 2. The summed E-state index contributed by atoms with van der Waals surface area (Å²) in [6, 6.07) is 4.76. The lowest BCUT2D eigenvalue weighted by Crippen LogP contribution is -2.25. The zero-order valence-corrected chi connectivity index (χ0v) is 12.1. The lowest BCUT2D eigenvalue weighted by molar-refractivity contribution is 0.0462. The molecule has 0 atom stereocenters. The largest absolute Gasteiger partial charge is 0.475 e. The molecule has 0 aliphatic rings. The van der Waals surface area contributed by atoms with Gasteiger partial charge in [0, 0.05) is 13.2 Å². The number of hydrogen-bond donors (Lipinski definition) is 0. The molecule has 5 heteroatoms. The summed E-state index contributed by atoms with van der Waals surface area (Å²) in [7, 11) is 2.79. The van der Waals surface area contributed by atoms with Gasteiger partial charge < -0.3 is 18.9 Å². The van der Waals surface area contributed by atoms with Crippen molar-refractivity contribution in [2.75, 3.05) is 21.0 Å². The molecule has 0 N–H and O–H groups in total. The third kappa shape index (κ3) is 4.18. The van der Waals surface area contributed by atoms with Crippen molar-refractivity contribution in [2.24, 2.45) is 0 Å². The van der Waals surface area contributed by atoms with Crippen LogP contribution in [0.1, 0.15) is 24.2 Å². The Morgan fingerprint density at radius 2 is 2.05 bits per heavy atom. The van der Waals surface area contributed by atoms with Gasteiger partial charge in [0.25, 0.3) is 0 Å². The molecule has 0 heterocycles. The molecule has 1 rings (SSSR count). The van der Waals surface area contributed by atoms with E-state index in [1.807, 2.05) is 0 Å². The van der Waals surface area contributed by atoms with E-state index in [1.54, 1.807) is 32.0 Å². The Labute approximate surface area is 118 Å². The first-order chi connectivity index (χ1) is 9.43. The molecule has 0 bridgehead atoms. The maximum Gasteiger partial charge on any atom is 0.341 e. The zero-order valence-electron chi connectivity index (χ0n) is 12.1. The van der Waals surface area contributed by atoms with Crippen LogP contribution in [0.3, 0.4) is 0 Å². The Morgan fingerprint density at radius 1 is 1.35 bits per heavy atom. The highest BCUT2D eigenvalue weighted by atomic mass is 16.7. The Bertz CT molecular complexity index is 513. The van der Waals surface area contributed by atoms with Gasteiger partial charge in [-0.1, -0.05) is 5.92 Å². The molecule has 0 aliphatic heterocycles. The maximum atomic E-state index is 11.6. The lowest BCUT2D eigenvalue weighted by Gasteiger charge is -2.21. The van der Waals surface area contributed by atoms with E-state index in [2.05, 4.69) is 10.7 Å². The van der Waals surface area contributed by atoms with Crippen molar-refractivity contribution in [2.45, 2.75) is 19.4 Å². The lowest BCUT2D eigenvalue weighted by atomic mass is 10.1. The first-order valence-corrected chi connectivity index (χ1v) is 5.94. The minimum atomic E-state index is -0.759. The van der Waals surface area contributed by atoms with E-state index in [9.17, 15) is 4.79 Å². The van der Waals surface area contributed by atoms with Crippen LogP contribution >= 0.6 is 0 Å². The molecule has 20 heavy (non-hydrogen) atoms. The van der Waals surface area contributed by atoms with E-state index in [0.29, 0.717) is 11.5 Å². The van der Waals surface area contributed by atoms with Gasteiger partial charge in [-0.3, -0.25) is 0 Å². The Morgan fingerprint density at radius 3 is 2.60 bits per heavy atom. The minimum absolute atomic E-state index is 0.00593. The maximum absolute atomic E-state index is 11.6. The SMILES string of the molecule is C#CC(C)(C)Oc1ccc(C(=O)OC)c(OCOC)c1. The monoisotopic (exact) mass is 278 g/mol.